The lowest BCUT2D eigenvalue weighted by atomic mass is 9.64. The lowest BCUT2D eigenvalue weighted by Gasteiger charge is -2.39. The van der Waals surface area contributed by atoms with Gasteiger partial charge in [-0.1, -0.05) is 67.3 Å². The number of carbonyl (C=O) groups excluding carboxylic acids is 2. The Kier molecular flexibility index (Phi) is 5.39. The summed E-state index contributed by atoms with van der Waals surface area (Å²) in [6, 6.07) is 13.8. The maximum absolute atomic E-state index is 13.5. The fourth-order valence-corrected chi connectivity index (χ4v) is 5.37. The molecule has 0 saturated heterocycles. The summed E-state index contributed by atoms with van der Waals surface area (Å²) < 4.78 is 0. The van der Waals surface area contributed by atoms with E-state index < -0.39 is 11.4 Å². The molecule has 4 rings (SSSR count). The van der Waals surface area contributed by atoms with Gasteiger partial charge < -0.3 is 10.2 Å². The number of nitrogens with zero attached hydrogens (tertiary/aromatic N) is 1. The number of benzene rings is 2. The van der Waals surface area contributed by atoms with Crippen LogP contribution in [0.1, 0.15) is 50.4 Å². The molecule has 2 bridgehead atoms. The molecule has 0 spiro atoms. The summed E-state index contributed by atoms with van der Waals surface area (Å²) in [6.07, 6.45) is 1.96. The quantitative estimate of drug-likeness (QED) is 0.427. The van der Waals surface area contributed by atoms with Crippen LogP contribution >= 0.6 is 23.2 Å². The van der Waals surface area contributed by atoms with Crippen molar-refractivity contribution in [3.63, 3.8) is 0 Å². The van der Waals surface area contributed by atoms with Gasteiger partial charge in [-0.15, -0.1) is 0 Å². The van der Waals surface area contributed by atoms with E-state index in [0.717, 1.165) is 18.6 Å². The number of hydrogen-bond donors (Lipinski definition) is 1. The van der Waals surface area contributed by atoms with Gasteiger partial charge in [-0.3, -0.25) is 4.79 Å². The van der Waals surface area contributed by atoms with E-state index in [2.05, 4.69) is 31.2 Å². The lowest BCUT2D eigenvalue weighted by Crippen LogP contribution is -2.43. The summed E-state index contributed by atoms with van der Waals surface area (Å²) >= 11 is 12.1. The first-order valence-electron chi connectivity index (χ1n) is 10.2. The van der Waals surface area contributed by atoms with Crippen LogP contribution in [0.25, 0.3) is 0 Å². The summed E-state index contributed by atoms with van der Waals surface area (Å²) in [5.41, 5.74) is 0.395. The van der Waals surface area contributed by atoms with Crippen molar-refractivity contribution in [2.24, 2.45) is 21.4 Å². The molecule has 162 valence electrons. The Morgan fingerprint density at radius 1 is 1.00 bits per heavy atom. The second-order valence-corrected chi connectivity index (χ2v) is 9.90. The van der Waals surface area contributed by atoms with Crippen LogP contribution in [0.5, 0.6) is 0 Å². The Labute approximate surface area is 191 Å². The molecule has 7 heteroatoms. The molecular formula is C24H24Cl2N2O3. The summed E-state index contributed by atoms with van der Waals surface area (Å²) in [5.74, 6) is -0.592. The Bertz CT molecular complexity index is 1080. The van der Waals surface area contributed by atoms with Crippen molar-refractivity contribution in [1.82, 2.24) is 0 Å². The molecule has 1 N–H and O–H groups in total. The van der Waals surface area contributed by atoms with Crippen molar-refractivity contribution >= 4 is 46.5 Å². The number of oxime groups is 1. The summed E-state index contributed by atoms with van der Waals surface area (Å²) in [5, 5.41) is 8.08. The molecule has 1 amide bonds. The smallest absolute Gasteiger partial charge is 0.326 e. The molecule has 2 aromatic carbocycles. The largest absolute Gasteiger partial charge is 0.365 e. The van der Waals surface area contributed by atoms with Crippen LogP contribution in [0.3, 0.4) is 0 Å². The Balaban J connectivity index is 1.59. The van der Waals surface area contributed by atoms with Crippen molar-refractivity contribution < 1.29 is 14.4 Å². The van der Waals surface area contributed by atoms with E-state index in [1.165, 1.54) is 0 Å². The number of fused-ring (bicyclic) bond motifs is 2. The number of anilines is 1. The summed E-state index contributed by atoms with van der Waals surface area (Å²) in [7, 11) is 0. The molecule has 0 radical (unpaired) electrons. The van der Waals surface area contributed by atoms with Crippen LogP contribution < -0.4 is 5.32 Å². The van der Waals surface area contributed by atoms with Gasteiger partial charge in [0.25, 0.3) is 0 Å². The third kappa shape index (κ3) is 3.35. The standard InChI is InChI=1S/C24H24Cl2N2O3/c1-22(2)23(3)11-12-24(22,21(30)27-16-9-10-17(25)18(26)13-16)14-19(23)28-31-20(29)15-7-5-4-6-8-15/h4-10,13H,11-12,14H2,1-3H3,(H,27,30)/b28-19-. The highest BCUT2D eigenvalue weighted by Crippen LogP contribution is 2.71. The fourth-order valence-electron chi connectivity index (χ4n) is 5.07. The maximum atomic E-state index is 13.5. The van der Waals surface area contributed by atoms with Gasteiger partial charge in [-0.2, -0.15) is 0 Å². The molecule has 0 heterocycles. The third-order valence-electron chi connectivity index (χ3n) is 7.59. The molecule has 2 fully saturated rings. The maximum Gasteiger partial charge on any atom is 0.365 e. The highest BCUT2D eigenvalue weighted by Gasteiger charge is 2.71. The lowest BCUT2D eigenvalue weighted by molar-refractivity contribution is -0.130. The fraction of sp³-hybridized carbons (Fsp3) is 0.375. The zero-order valence-electron chi connectivity index (χ0n) is 17.7. The number of carbonyl (C=O) groups is 2. The molecule has 31 heavy (non-hydrogen) atoms. The average molecular weight is 459 g/mol. The zero-order chi connectivity index (χ0) is 22.4. The van der Waals surface area contributed by atoms with E-state index in [4.69, 9.17) is 28.0 Å². The summed E-state index contributed by atoms with van der Waals surface area (Å²) in [4.78, 5) is 31.1. The van der Waals surface area contributed by atoms with E-state index in [9.17, 15) is 9.59 Å². The van der Waals surface area contributed by atoms with Crippen molar-refractivity contribution in [2.75, 3.05) is 5.32 Å². The molecule has 2 aromatic rings. The monoisotopic (exact) mass is 458 g/mol. The second-order valence-electron chi connectivity index (χ2n) is 9.08. The topological polar surface area (TPSA) is 67.8 Å². The van der Waals surface area contributed by atoms with E-state index in [-0.39, 0.29) is 16.7 Å². The molecule has 2 aliphatic rings. The van der Waals surface area contributed by atoms with Crippen LogP contribution in [0.4, 0.5) is 5.69 Å². The van der Waals surface area contributed by atoms with Crippen LogP contribution in [0, 0.1) is 16.2 Å². The summed E-state index contributed by atoms with van der Waals surface area (Å²) in [6.45, 7) is 6.29. The molecule has 2 saturated carbocycles. The van der Waals surface area contributed by atoms with Gasteiger partial charge in [0, 0.05) is 17.5 Å². The minimum Gasteiger partial charge on any atom is -0.326 e. The van der Waals surface area contributed by atoms with Gasteiger partial charge >= 0.3 is 5.97 Å². The van der Waals surface area contributed by atoms with Gasteiger partial charge in [0.2, 0.25) is 5.91 Å². The van der Waals surface area contributed by atoms with Gasteiger partial charge in [0.1, 0.15) is 0 Å². The molecule has 0 aliphatic heterocycles. The minimum atomic E-state index is -0.661. The SMILES string of the molecule is CC12CCC(C(=O)Nc3ccc(Cl)c(Cl)c3)(C/C1=N/OC(=O)c1ccccc1)C2(C)C. The Morgan fingerprint density at radius 3 is 2.39 bits per heavy atom. The molecule has 2 atom stereocenters. The zero-order valence-corrected chi connectivity index (χ0v) is 19.2. The number of amides is 1. The van der Waals surface area contributed by atoms with Crippen LogP contribution in [0.15, 0.2) is 53.7 Å². The average Bonchev–Trinajstić information content (AvgIpc) is 3.06. The Hall–Kier alpha value is -2.37. The third-order valence-corrected chi connectivity index (χ3v) is 8.33. The minimum absolute atomic E-state index is 0.0841. The van der Waals surface area contributed by atoms with Crippen LogP contribution in [-0.4, -0.2) is 17.6 Å². The predicted octanol–water partition coefficient (Wildman–Crippen LogP) is 6.36. The van der Waals surface area contributed by atoms with E-state index >= 15 is 0 Å². The van der Waals surface area contributed by atoms with Crippen molar-refractivity contribution in [1.29, 1.82) is 0 Å². The van der Waals surface area contributed by atoms with Gasteiger partial charge in [0.15, 0.2) is 0 Å². The first kappa shape index (κ1) is 21.8. The normalized spacial score (nSPS) is 27.3. The van der Waals surface area contributed by atoms with E-state index in [1.54, 1.807) is 42.5 Å². The molecular weight excluding hydrogens is 435 g/mol. The first-order valence-corrected chi connectivity index (χ1v) is 11.0. The highest BCUT2D eigenvalue weighted by atomic mass is 35.5. The van der Waals surface area contributed by atoms with Crippen LogP contribution in [0.2, 0.25) is 10.0 Å². The Morgan fingerprint density at radius 2 is 1.71 bits per heavy atom. The van der Waals surface area contributed by atoms with Crippen LogP contribution in [-0.2, 0) is 9.63 Å². The number of hydrogen-bond acceptors (Lipinski definition) is 4. The molecule has 2 unspecified atom stereocenters. The second kappa shape index (κ2) is 7.64. The first-order chi connectivity index (χ1) is 14.6. The van der Waals surface area contributed by atoms with E-state index in [1.807, 2.05) is 6.07 Å². The van der Waals surface area contributed by atoms with Gasteiger partial charge in [0.05, 0.1) is 26.7 Å². The van der Waals surface area contributed by atoms with E-state index in [0.29, 0.717) is 27.7 Å². The van der Waals surface area contributed by atoms with Crippen molar-refractivity contribution in [3.05, 3.63) is 64.1 Å². The molecule has 5 nitrogen and oxygen atoms in total. The van der Waals surface area contributed by atoms with Gasteiger partial charge in [-0.05, 0) is 48.6 Å². The molecule has 0 aromatic heterocycles. The number of rotatable bonds is 4. The predicted molar refractivity (Wildman–Crippen MR) is 123 cm³/mol. The highest BCUT2D eigenvalue weighted by molar-refractivity contribution is 6.42. The van der Waals surface area contributed by atoms with Gasteiger partial charge in [-0.25, -0.2) is 4.79 Å². The number of nitrogens with one attached hydrogen (secondary N) is 1. The van der Waals surface area contributed by atoms with Crippen molar-refractivity contribution in [2.45, 2.75) is 40.0 Å². The number of halogens is 2. The molecule has 2 aliphatic carbocycles. The van der Waals surface area contributed by atoms with Crippen molar-refractivity contribution in [3.8, 4) is 0 Å².